The van der Waals surface area contributed by atoms with E-state index in [1.54, 1.807) is 30.5 Å². The summed E-state index contributed by atoms with van der Waals surface area (Å²) in [4.78, 5) is 25.5. The first-order valence-electron chi connectivity index (χ1n) is 12.1. The van der Waals surface area contributed by atoms with Gasteiger partial charge >= 0.3 is 0 Å². The first-order valence-corrected chi connectivity index (χ1v) is 13.7. The maximum atomic E-state index is 14.7. The van der Waals surface area contributed by atoms with Gasteiger partial charge in [-0.3, -0.25) is 14.2 Å². The number of amides is 1. The minimum absolute atomic E-state index is 0.0796. The van der Waals surface area contributed by atoms with Gasteiger partial charge < -0.3 is 14.8 Å². The summed E-state index contributed by atoms with van der Waals surface area (Å²) < 4.78 is 76.8. The molecule has 0 spiro atoms. The molecule has 208 valence electrons. The highest BCUT2D eigenvalue weighted by Gasteiger charge is 2.35. The molecule has 3 aromatic heterocycles. The Balaban J connectivity index is 1.38. The maximum absolute atomic E-state index is 14.7. The summed E-state index contributed by atoms with van der Waals surface area (Å²) in [5.74, 6) is -1.45. The van der Waals surface area contributed by atoms with Gasteiger partial charge in [-0.15, -0.1) is 0 Å². The first kappa shape index (κ1) is 27.5. The van der Waals surface area contributed by atoms with Crippen molar-refractivity contribution in [1.29, 1.82) is 0 Å². The minimum Gasteiger partial charge on any atom is -0.480 e. The lowest BCUT2D eigenvalue weighted by atomic mass is 10.1. The number of halogens is 3. The molecule has 0 fully saturated rings. The van der Waals surface area contributed by atoms with Gasteiger partial charge in [0, 0.05) is 34.8 Å². The monoisotopic (exact) mass is 572 g/mol. The van der Waals surface area contributed by atoms with Crippen LogP contribution in [0.5, 0.6) is 5.88 Å². The molecule has 1 aliphatic rings. The van der Waals surface area contributed by atoms with Gasteiger partial charge in [-0.25, -0.2) is 27.2 Å². The molecule has 1 N–H and O–H groups in total. The molecule has 1 amide bonds. The maximum Gasteiger partial charge on any atom is 0.251 e. The molecule has 0 saturated heterocycles. The van der Waals surface area contributed by atoms with Crippen molar-refractivity contribution in [1.82, 2.24) is 20.3 Å². The Kier molecular flexibility index (Phi) is 7.68. The van der Waals surface area contributed by atoms with E-state index in [-0.39, 0.29) is 24.1 Å². The summed E-state index contributed by atoms with van der Waals surface area (Å²) in [6, 6.07) is 10.5. The van der Waals surface area contributed by atoms with Crippen LogP contribution in [0.4, 0.5) is 13.2 Å². The lowest BCUT2D eigenvalue weighted by Gasteiger charge is -2.12. The molecule has 1 aromatic carbocycles. The van der Waals surface area contributed by atoms with E-state index >= 15 is 0 Å². The van der Waals surface area contributed by atoms with Gasteiger partial charge in [0.1, 0.15) is 5.82 Å². The molecule has 1 aliphatic heterocycles. The van der Waals surface area contributed by atoms with Gasteiger partial charge in [0.15, 0.2) is 0 Å². The molecule has 4 aromatic rings. The van der Waals surface area contributed by atoms with Crippen molar-refractivity contribution in [2.24, 2.45) is 0 Å². The SMILES string of the molecule is COc1nc(CCF)ccc1-c1ccc2cnc(CNC(=O)c3cc(F)c4c(c3)S(=O)(=O)[C@@H](F)COC4)cc2n1. The number of aromatic nitrogens is 3. The van der Waals surface area contributed by atoms with Gasteiger partial charge in [-0.1, -0.05) is 0 Å². The summed E-state index contributed by atoms with van der Waals surface area (Å²) in [5.41, 5.74) is -0.270. The number of carbonyl (C=O) groups excluding carboxylic acids is 1. The van der Waals surface area contributed by atoms with Crippen molar-refractivity contribution in [2.75, 3.05) is 20.4 Å². The molecular formula is C27H23F3N4O5S. The van der Waals surface area contributed by atoms with Gasteiger partial charge in [-0.2, -0.15) is 0 Å². The van der Waals surface area contributed by atoms with E-state index in [4.69, 9.17) is 9.47 Å². The fourth-order valence-corrected chi connectivity index (χ4v) is 5.60. The van der Waals surface area contributed by atoms with Crippen LogP contribution >= 0.6 is 0 Å². The van der Waals surface area contributed by atoms with Crippen LogP contribution in [-0.2, 0) is 34.1 Å². The Morgan fingerprint density at radius 3 is 2.75 bits per heavy atom. The molecule has 13 heteroatoms. The van der Waals surface area contributed by atoms with E-state index in [1.807, 2.05) is 6.07 Å². The summed E-state index contributed by atoms with van der Waals surface area (Å²) in [5, 5.41) is 3.30. The molecule has 0 aliphatic carbocycles. The highest BCUT2D eigenvalue weighted by atomic mass is 32.2. The first-order chi connectivity index (χ1) is 19.2. The molecule has 0 saturated carbocycles. The zero-order chi connectivity index (χ0) is 28.4. The third-order valence-electron chi connectivity index (χ3n) is 6.35. The second-order valence-corrected chi connectivity index (χ2v) is 11.0. The van der Waals surface area contributed by atoms with Gasteiger partial charge in [0.05, 0.1) is 60.9 Å². The average molecular weight is 573 g/mol. The molecule has 4 heterocycles. The molecule has 5 rings (SSSR count). The predicted octanol–water partition coefficient (Wildman–Crippen LogP) is 3.88. The highest BCUT2D eigenvalue weighted by molar-refractivity contribution is 7.92. The lowest BCUT2D eigenvalue weighted by molar-refractivity contribution is 0.0938. The van der Waals surface area contributed by atoms with Crippen LogP contribution in [0, 0.1) is 5.82 Å². The van der Waals surface area contributed by atoms with Gasteiger partial charge in [-0.05, 0) is 42.5 Å². The average Bonchev–Trinajstić information content (AvgIpc) is 3.06. The normalized spacial score (nSPS) is 16.2. The van der Waals surface area contributed by atoms with E-state index in [1.165, 1.54) is 7.11 Å². The zero-order valence-electron chi connectivity index (χ0n) is 21.2. The second-order valence-electron chi connectivity index (χ2n) is 8.95. The van der Waals surface area contributed by atoms with Crippen molar-refractivity contribution in [3.05, 3.63) is 77.0 Å². The summed E-state index contributed by atoms with van der Waals surface area (Å²) in [6.45, 7) is -1.77. The third-order valence-corrected chi connectivity index (χ3v) is 8.14. The highest BCUT2D eigenvalue weighted by Crippen LogP contribution is 2.30. The number of rotatable bonds is 7. The van der Waals surface area contributed by atoms with Crippen LogP contribution in [0.1, 0.15) is 27.3 Å². The molecular weight excluding hydrogens is 549 g/mol. The Morgan fingerprint density at radius 1 is 1.15 bits per heavy atom. The summed E-state index contributed by atoms with van der Waals surface area (Å²) in [7, 11) is -3.06. The van der Waals surface area contributed by atoms with Crippen LogP contribution in [0.25, 0.3) is 22.2 Å². The number of benzene rings is 1. The Morgan fingerprint density at radius 2 is 1.98 bits per heavy atom. The number of nitrogens with one attached hydrogen (secondary N) is 1. The van der Waals surface area contributed by atoms with E-state index in [2.05, 4.69) is 20.3 Å². The van der Waals surface area contributed by atoms with Crippen LogP contribution in [0.15, 0.2) is 53.6 Å². The fourth-order valence-electron chi connectivity index (χ4n) is 4.26. The number of pyridine rings is 3. The lowest BCUT2D eigenvalue weighted by Crippen LogP contribution is -2.25. The van der Waals surface area contributed by atoms with Crippen molar-refractivity contribution >= 4 is 26.6 Å². The summed E-state index contributed by atoms with van der Waals surface area (Å²) >= 11 is 0. The smallest absolute Gasteiger partial charge is 0.251 e. The molecule has 0 radical (unpaired) electrons. The molecule has 1 atom stereocenters. The number of fused-ring (bicyclic) bond motifs is 2. The van der Waals surface area contributed by atoms with Crippen molar-refractivity contribution in [2.45, 2.75) is 30.0 Å². The van der Waals surface area contributed by atoms with Crippen molar-refractivity contribution < 1.29 is 35.9 Å². The fraction of sp³-hybridized carbons (Fsp3) is 0.259. The predicted molar refractivity (Wildman–Crippen MR) is 138 cm³/mol. The number of hydrogen-bond acceptors (Lipinski definition) is 8. The van der Waals surface area contributed by atoms with Crippen LogP contribution in [0.3, 0.4) is 0 Å². The molecule has 40 heavy (non-hydrogen) atoms. The Bertz CT molecular complexity index is 1720. The van der Waals surface area contributed by atoms with Gasteiger partial charge in [0.2, 0.25) is 21.2 Å². The molecule has 9 nitrogen and oxygen atoms in total. The molecule has 0 bridgehead atoms. The number of nitrogens with zero attached hydrogens (tertiary/aromatic N) is 3. The van der Waals surface area contributed by atoms with E-state index in [0.717, 1.165) is 17.5 Å². The van der Waals surface area contributed by atoms with Crippen LogP contribution in [-0.4, -0.2) is 55.2 Å². The third kappa shape index (κ3) is 5.34. The van der Waals surface area contributed by atoms with Crippen molar-refractivity contribution in [3.8, 4) is 17.1 Å². The Hall–Kier alpha value is -4.10. The Labute approximate surface area is 227 Å². The van der Waals surface area contributed by atoms with E-state index in [0.29, 0.717) is 34.0 Å². The number of carbonyl (C=O) groups is 1. The topological polar surface area (TPSA) is 120 Å². The van der Waals surface area contributed by atoms with E-state index < -0.39 is 51.8 Å². The van der Waals surface area contributed by atoms with Crippen LogP contribution < -0.4 is 10.1 Å². The number of sulfone groups is 1. The summed E-state index contributed by atoms with van der Waals surface area (Å²) in [6.07, 6.45) is 1.74. The van der Waals surface area contributed by atoms with Crippen LogP contribution in [0.2, 0.25) is 0 Å². The van der Waals surface area contributed by atoms with E-state index in [9.17, 15) is 26.4 Å². The minimum atomic E-state index is -4.53. The zero-order valence-corrected chi connectivity index (χ0v) is 22.0. The number of ether oxygens (including phenoxy) is 2. The number of aryl methyl sites for hydroxylation is 1. The number of alkyl halides is 2. The number of methoxy groups -OCH3 is 1. The molecule has 0 unspecified atom stereocenters. The van der Waals surface area contributed by atoms with Crippen molar-refractivity contribution in [3.63, 3.8) is 0 Å². The van der Waals surface area contributed by atoms with Gasteiger partial charge in [0.25, 0.3) is 5.91 Å². The largest absolute Gasteiger partial charge is 0.480 e. The second kappa shape index (κ2) is 11.2. The number of hydrogen-bond donors (Lipinski definition) is 1. The quantitative estimate of drug-likeness (QED) is 0.354. The standard InChI is InChI=1S/C27H23F3N4O5S/c1-38-27-19(4-3-17(33-27)6-7-28)22-5-2-15-11-31-18(10-23(15)34-22)12-32-26(35)16-8-21(29)20-13-39-14-25(30)40(36,37)24(20)9-16/h2-5,8-11,25H,6-7,12-14H2,1H3,(H,32,35)/t25-/m1/s1.